The van der Waals surface area contributed by atoms with Crippen molar-refractivity contribution in [2.45, 2.75) is 25.2 Å². The predicted octanol–water partition coefficient (Wildman–Crippen LogP) is 2.62. The lowest BCUT2D eigenvalue weighted by Crippen LogP contribution is -2.39. The lowest BCUT2D eigenvalue weighted by atomic mass is 10.3. The van der Waals surface area contributed by atoms with Crippen LogP contribution in [0.5, 0.6) is 0 Å². The monoisotopic (exact) mass is 425 g/mol. The fourth-order valence-corrected chi connectivity index (χ4v) is 5.42. The number of carbonyl (C=O) groups is 1. The van der Waals surface area contributed by atoms with E-state index < -0.39 is 10.0 Å². The molecule has 1 fully saturated rings. The highest BCUT2D eigenvalue weighted by molar-refractivity contribution is 7.89. The Labute approximate surface area is 170 Å². The molecular weight excluding hydrogens is 402 g/mol. The van der Waals surface area contributed by atoms with Crippen LogP contribution in [0, 0.1) is 13.8 Å². The van der Waals surface area contributed by atoms with Crippen molar-refractivity contribution in [2.75, 3.05) is 31.5 Å². The van der Waals surface area contributed by atoms with Crippen LogP contribution >= 0.6 is 11.6 Å². The number of halogens is 1. The van der Waals surface area contributed by atoms with E-state index in [2.05, 4.69) is 10.4 Å². The summed E-state index contributed by atoms with van der Waals surface area (Å²) in [7, 11) is -1.94. The molecule has 2 heterocycles. The van der Waals surface area contributed by atoms with Crippen LogP contribution in [0.2, 0.25) is 5.02 Å². The first-order valence-electron chi connectivity index (χ1n) is 9.02. The Kier molecular flexibility index (Phi) is 5.97. The Bertz CT molecular complexity index is 989. The third-order valence-electron chi connectivity index (χ3n) is 4.86. The molecule has 0 unspecified atom stereocenters. The second kappa shape index (κ2) is 8.10. The molecule has 0 radical (unpaired) electrons. The second-order valence-electron chi connectivity index (χ2n) is 6.81. The topological polar surface area (TPSA) is 87.5 Å². The van der Waals surface area contributed by atoms with Gasteiger partial charge in [0.15, 0.2) is 0 Å². The first-order chi connectivity index (χ1) is 13.2. The van der Waals surface area contributed by atoms with Gasteiger partial charge in [-0.3, -0.25) is 4.68 Å². The minimum atomic E-state index is -3.67. The molecular formula is C18H24ClN5O3S. The zero-order chi connectivity index (χ0) is 20.5. The number of rotatable bonds is 3. The van der Waals surface area contributed by atoms with Gasteiger partial charge in [-0.1, -0.05) is 17.7 Å². The van der Waals surface area contributed by atoms with E-state index in [0.29, 0.717) is 48.2 Å². The maximum Gasteiger partial charge on any atom is 0.321 e. The van der Waals surface area contributed by atoms with E-state index in [0.717, 1.165) is 0 Å². The number of hydrogen-bond acceptors (Lipinski definition) is 4. The quantitative estimate of drug-likeness (QED) is 0.818. The standard InChI is InChI=1S/C18H24ClN5O3S/c1-13-17(14(2)22(3)21-13)28(26,27)24-9-5-8-23(10-11-24)18(25)20-16-7-4-6-15(19)12-16/h4,6-7,12H,5,8-11H2,1-3H3,(H,20,25). The zero-order valence-corrected chi connectivity index (χ0v) is 17.7. The van der Waals surface area contributed by atoms with Gasteiger partial charge in [0, 0.05) is 43.9 Å². The summed E-state index contributed by atoms with van der Waals surface area (Å²) >= 11 is 5.95. The van der Waals surface area contributed by atoms with Crippen LogP contribution in [-0.2, 0) is 17.1 Å². The predicted molar refractivity (Wildman–Crippen MR) is 108 cm³/mol. The van der Waals surface area contributed by atoms with Crippen molar-refractivity contribution >= 4 is 33.3 Å². The van der Waals surface area contributed by atoms with Crippen LogP contribution in [0.4, 0.5) is 10.5 Å². The number of aryl methyl sites for hydroxylation is 2. The molecule has 0 saturated carbocycles. The third kappa shape index (κ3) is 4.16. The van der Waals surface area contributed by atoms with Crippen molar-refractivity contribution in [3.05, 3.63) is 40.7 Å². The van der Waals surface area contributed by atoms with Crippen molar-refractivity contribution in [3.8, 4) is 0 Å². The largest absolute Gasteiger partial charge is 0.323 e. The molecule has 1 N–H and O–H groups in total. The van der Waals surface area contributed by atoms with Gasteiger partial charge in [0.2, 0.25) is 10.0 Å². The first kappa shape index (κ1) is 20.6. The molecule has 1 aliphatic rings. The van der Waals surface area contributed by atoms with E-state index in [1.54, 1.807) is 54.7 Å². The number of anilines is 1. The molecule has 10 heteroatoms. The second-order valence-corrected chi connectivity index (χ2v) is 9.12. The lowest BCUT2D eigenvalue weighted by Gasteiger charge is -2.22. The number of nitrogens with zero attached hydrogens (tertiary/aromatic N) is 4. The molecule has 2 amide bonds. The maximum atomic E-state index is 13.1. The highest BCUT2D eigenvalue weighted by atomic mass is 35.5. The third-order valence-corrected chi connectivity index (χ3v) is 7.25. The molecule has 28 heavy (non-hydrogen) atoms. The van der Waals surface area contributed by atoms with Crippen molar-refractivity contribution in [1.82, 2.24) is 19.0 Å². The van der Waals surface area contributed by atoms with Gasteiger partial charge in [-0.05, 0) is 38.5 Å². The molecule has 0 bridgehead atoms. The number of urea groups is 1. The molecule has 1 aromatic carbocycles. The summed E-state index contributed by atoms with van der Waals surface area (Å²) in [5.41, 5.74) is 1.70. The normalized spacial score (nSPS) is 16.1. The fourth-order valence-electron chi connectivity index (χ4n) is 3.36. The molecule has 3 rings (SSSR count). The van der Waals surface area contributed by atoms with Crippen LogP contribution in [0.3, 0.4) is 0 Å². The Morgan fingerprint density at radius 3 is 2.57 bits per heavy atom. The average Bonchev–Trinajstić information content (AvgIpc) is 2.80. The molecule has 1 aliphatic heterocycles. The van der Waals surface area contributed by atoms with Gasteiger partial charge in [-0.2, -0.15) is 9.40 Å². The van der Waals surface area contributed by atoms with E-state index in [-0.39, 0.29) is 17.5 Å². The summed E-state index contributed by atoms with van der Waals surface area (Å²) < 4.78 is 29.3. The fraction of sp³-hybridized carbons (Fsp3) is 0.444. The van der Waals surface area contributed by atoms with Crippen LogP contribution < -0.4 is 5.32 Å². The van der Waals surface area contributed by atoms with Gasteiger partial charge in [0.05, 0.1) is 11.4 Å². The Morgan fingerprint density at radius 2 is 1.93 bits per heavy atom. The smallest absolute Gasteiger partial charge is 0.321 e. The van der Waals surface area contributed by atoms with Crippen LogP contribution in [0.25, 0.3) is 0 Å². The molecule has 2 aromatic rings. The van der Waals surface area contributed by atoms with E-state index in [1.807, 2.05) is 0 Å². The van der Waals surface area contributed by atoms with Gasteiger partial charge in [-0.15, -0.1) is 0 Å². The minimum Gasteiger partial charge on any atom is -0.323 e. The maximum absolute atomic E-state index is 13.1. The van der Waals surface area contributed by atoms with E-state index in [4.69, 9.17) is 11.6 Å². The SMILES string of the molecule is Cc1nn(C)c(C)c1S(=O)(=O)N1CCCN(C(=O)Nc2cccc(Cl)c2)CC1. The van der Waals surface area contributed by atoms with E-state index in [1.165, 1.54) is 4.31 Å². The number of aromatic nitrogens is 2. The van der Waals surface area contributed by atoms with Crippen LogP contribution in [0.1, 0.15) is 17.8 Å². The van der Waals surface area contributed by atoms with Gasteiger partial charge >= 0.3 is 6.03 Å². The summed E-state index contributed by atoms with van der Waals surface area (Å²) in [5, 5.41) is 7.56. The van der Waals surface area contributed by atoms with Crippen molar-refractivity contribution in [1.29, 1.82) is 0 Å². The number of nitrogens with one attached hydrogen (secondary N) is 1. The average molecular weight is 426 g/mol. The van der Waals surface area contributed by atoms with Crippen molar-refractivity contribution in [3.63, 3.8) is 0 Å². The molecule has 0 atom stereocenters. The minimum absolute atomic E-state index is 0.235. The van der Waals surface area contributed by atoms with Crippen molar-refractivity contribution in [2.24, 2.45) is 7.05 Å². The number of benzene rings is 1. The summed E-state index contributed by atoms with van der Waals surface area (Å²) in [6.07, 6.45) is 0.556. The molecule has 1 saturated heterocycles. The van der Waals surface area contributed by atoms with Gasteiger partial charge in [0.1, 0.15) is 4.90 Å². The van der Waals surface area contributed by atoms with Crippen molar-refractivity contribution < 1.29 is 13.2 Å². The van der Waals surface area contributed by atoms with Gasteiger partial charge < -0.3 is 10.2 Å². The number of hydrogen-bond donors (Lipinski definition) is 1. The summed E-state index contributed by atoms with van der Waals surface area (Å²) in [4.78, 5) is 14.4. The van der Waals surface area contributed by atoms with Crippen LogP contribution in [-0.4, -0.2) is 59.6 Å². The zero-order valence-electron chi connectivity index (χ0n) is 16.1. The molecule has 1 aromatic heterocycles. The molecule has 0 aliphatic carbocycles. The van der Waals surface area contributed by atoms with E-state index in [9.17, 15) is 13.2 Å². The summed E-state index contributed by atoms with van der Waals surface area (Å²) in [6, 6.07) is 6.64. The van der Waals surface area contributed by atoms with E-state index >= 15 is 0 Å². The Hall–Kier alpha value is -2.10. The molecule has 8 nitrogen and oxygen atoms in total. The number of carbonyl (C=O) groups excluding carboxylic acids is 1. The molecule has 0 spiro atoms. The number of amides is 2. The highest BCUT2D eigenvalue weighted by Gasteiger charge is 2.32. The Balaban J connectivity index is 1.71. The summed E-state index contributed by atoms with van der Waals surface area (Å²) in [6.45, 7) is 4.82. The summed E-state index contributed by atoms with van der Waals surface area (Å²) in [5.74, 6) is 0. The number of sulfonamides is 1. The van der Waals surface area contributed by atoms with Crippen LogP contribution in [0.15, 0.2) is 29.2 Å². The van der Waals surface area contributed by atoms with Gasteiger partial charge in [0.25, 0.3) is 0 Å². The highest BCUT2D eigenvalue weighted by Crippen LogP contribution is 2.24. The lowest BCUT2D eigenvalue weighted by molar-refractivity contribution is 0.214. The van der Waals surface area contributed by atoms with Gasteiger partial charge in [-0.25, -0.2) is 13.2 Å². The first-order valence-corrected chi connectivity index (χ1v) is 10.8. The Morgan fingerprint density at radius 1 is 1.18 bits per heavy atom. The molecule has 152 valence electrons.